The van der Waals surface area contributed by atoms with Crippen LogP contribution in [0.1, 0.15) is 18.9 Å². The van der Waals surface area contributed by atoms with Crippen LogP contribution >= 0.6 is 0 Å². The van der Waals surface area contributed by atoms with Gasteiger partial charge in [-0.2, -0.15) is 0 Å². The van der Waals surface area contributed by atoms with Gasteiger partial charge in [0.1, 0.15) is 0 Å². The summed E-state index contributed by atoms with van der Waals surface area (Å²) >= 11 is 0. The number of fused-ring (bicyclic) bond motifs is 2. The van der Waals surface area contributed by atoms with Crippen molar-refractivity contribution in [2.24, 2.45) is 0 Å². The van der Waals surface area contributed by atoms with Crippen molar-refractivity contribution < 1.29 is 0 Å². The second kappa shape index (κ2) is 2.01. The van der Waals surface area contributed by atoms with Crippen molar-refractivity contribution in [3.8, 4) is 0 Å². The molecule has 0 radical (unpaired) electrons. The van der Waals surface area contributed by atoms with Gasteiger partial charge in [-0.05, 0) is 30.2 Å². The van der Waals surface area contributed by atoms with E-state index in [9.17, 15) is 0 Å². The lowest BCUT2D eigenvalue weighted by atomic mass is 10.1. The lowest BCUT2D eigenvalue weighted by Gasteiger charge is -1.91. The van der Waals surface area contributed by atoms with Crippen LogP contribution in [0.3, 0.4) is 0 Å². The lowest BCUT2D eigenvalue weighted by molar-refractivity contribution is 0.931. The van der Waals surface area contributed by atoms with E-state index in [4.69, 9.17) is 0 Å². The predicted molar refractivity (Wildman–Crippen MR) is 43.5 cm³/mol. The summed E-state index contributed by atoms with van der Waals surface area (Å²) in [7, 11) is 0. The first-order valence-electron chi connectivity index (χ1n) is 3.80. The Morgan fingerprint density at radius 1 is 1.40 bits per heavy atom. The molecule has 1 nitrogen and oxygen atoms in total. The van der Waals surface area contributed by atoms with Gasteiger partial charge in [0, 0.05) is 11.0 Å². The topological polar surface area (TPSA) is 15.8 Å². The molecule has 0 spiro atoms. The van der Waals surface area contributed by atoms with Crippen LogP contribution in [0.2, 0.25) is 0 Å². The van der Waals surface area contributed by atoms with E-state index in [2.05, 4.69) is 30.1 Å². The van der Waals surface area contributed by atoms with Crippen LogP contribution in [0.4, 0.5) is 0 Å². The van der Waals surface area contributed by atoms with Crippen LogP contribution < -0.4 is 0 Å². The highest BCUT2D eigenvalue weighted by atomic mass is 14.7. The Morgan fingerprint density at radius 2 is 2.30 bits per heavy atom. The molecule has 0 unspecified atom stereocenters. The Kier molecular flexibility index (Phi) is 1.16. The van der Waals surface area contributed by atoms with Gasteiger partial charge in [0.2, 0.25) is 0 Å². The minimum absolute atomic E-state index is 1.20. The van der Waals surface area contributed by atoms with E-state index in [0.29, 0.717) is 0 Å². The van der Waals surface area contributed by atoms with Gasteiger partial charge in [-0.25, -0.2) is 0 Å². The van der Waals surface area contributed by atoms with Crippen LogP contribution in [-0.2, 0) is 6.42 Å². The van der Waals surface area contributed by atoms with Crippen molar-refractivity contribution in [2.75, 3.05) is 0 Å². The number of aromatic nitrogens is 1. The summed E-state index contributed by atoms with van der Waals surface area (Å²) < 4.78 is 0. The number of H-pyrrole nitrogens is 1. The third-order valence-corrected chi connectivity index (χ3v) is 1.90. The molecule has 0 amide bonds. The lowest BCUT2D eigenvalue weighted by Crippen LogP contribution is -1.78. The monoisotopic (exact) mass is 133 g/mol. The second-order valence-electron chi connectivity index (χ2n) is 2.75. The number of aromatic amines is 1. The van der Waals surface area contributed by atoms with Crippen LogP contribution in [-0.4, -0.2) is 4.98 Å². The SMILES string of the molecule is CCCc1cc2ccc1[nH]2. The molecule has 1 heteroatoms. The molecule has 1 N–H and O–H groups in total. The molecule has 0 atom stereocenters. The zero-order valence-electron chi connectivity index (χ0n) is 6.15. The van der Waals surface area contributed by atoms with Gasteiger partial charge < -0.3 is 4.98 Å². The summed E-state index contributed by atoms with van der Waals surface area (Å²) in [6.45, 7) is 2.21. The van der Waals surface area contributed by atoms with Gasteiger partial charge in [-0.15, -0.1) is 0 Å². The predicted octanol–water partition coefficient (Wildman–Crippen LogP) is 2.56. The molecular formula is C9H11N. The average molecular weight is 133 g/mol. The molecule has 0 aliphatic heterocycles. The maximum atomic E-state index is 3.29. The fourth-order valence-corrected chi connectivity index (χ4v) is 1.43. The van der Waals surface area contributed by atoms with Crippen LogP contribution in [0.5, 0.6) is 0 Å². The molecule has 2 heterocycles. The molecule has 2 aromatic heterocycles. The van der Waals surface area contributed by atoms with Crippen molar-refractivity contribution >= 4 is 11.0 Å². The first kappa shape index (κ1) is 5.78. The van der Waals surface area contributed by atoms with Gasteiger partial charge in [0.15, 0.2) is 0 Å². The molecule has 0 saturated heterocycles. The summed E-state index contributed by atoms with van der Waals surface area (Å²) in [5.41, 5.74) is 4.05. The zero-order chi connectivity index (χ0) is 6.97. The maximum absolute atomic E-state index is 3.29. The third kappa shape index (κ3) is 0.703. The first-order valence-corrected chi connectivity index (χ1v) is 3.80. The molecular weight excluding hydrogens is 122 g/mol. The number of nitrogens with one attached hydrogen (secondary N) is 1. The Hall–Kier alpha value is -0.980. The molecule has 0 aliphatic rings. The number of rotatable bonds is 2. The minimum atomic E-state index is 1.20. The van der Waals surface area contributed by atoms with E-state index in [1.807, 2.05) is 0 Å². The highest BCUT2D eigenvalue weighted by Gasteiger charge is 2.01. The van der Waals surface area contributed by atoms with Gasteiger partial charge in [0.05, 0.1) is 0 Å². The Bertz CT molecular complexity index is 308. The summed E-state index contributed by atoms with van der Waals surface area (Å²) in [6, 6.07) is 6.51. The average Bonchev–Trinajstić information content (AvgIpc) is 2.48. The van der Waals surface area contributed by atoms with Crippen molar-refractivity contribution in [3.05, 3.63) is 23.8 Å². The van der Waals surface area contributed by atoms with Gasteiger partial charge >= 0.3 is 0 Å². The smallest absolute Gasteiger partial charge is 0.0418 e. The van der Waals surface area contributed by atoms with Gasteiger partial charge in [-0.1, -0.05) is 13.3 Å². The zero-order valence-corrected chi connectivity index (χ0v) is 6.15. The highest BCUT2D eigenvalue weighted by Crippen LogP contribution is 2.18. The molecule has 2 bridgehead atoms. The van der Waals surface area contributed by atoms with Crippen molar-refractivity contribution in [1.82, 2.24) is 4.98 Å². The van der Waals surface area contributed by atoms with E-state index in [-0.39, 0.29) is 0 Å². The fraction of sp³-hybridized carbons (Fsp3) is 0.333. The molecule has 0 fully saturated rings. The number of hydrogen-bond acceptors (Lipinski definition) is 0. The van der Waals surface area contributed by atoms with E-state index in [0.717, 1.165) is 0 Å². The van der Waals surface area contributed by atoms with Gasteiger partial charge in [0.25, 0.3) is 0 Å². The van der Waals surface area contributed by atoms with Gasteiger partial charge in [-0.3, -0.25) is 0 Å². The van der Waals surface area contributed by atoms with Crippen LogP contribution in [0, 0.1) is 0 Å². The maximum Gasteiger partial charge on any atom is 0.0418 e. The molecule has 2 rings (SSSR count). The number of hydrogen-bond donors (Lipinski definition) is 1. The molecule has 0 saturated carbocycles. The summed E-state index contributed by atoms with van der Waals surface area (Å²) in [4.78, 5) is 3.29. The molecule has 0 aliphatic carbocycles. The summed E-state index contributed by atoms with van der Waals surface area (Å²) in [6.07, 6.45) is 2.44. The van der Waals surface area contributed by atoms with E-state index in [1.165, 1.54) is 29.4 Å². The van der Waals surface area contributed by atoms with E-state index in [1.54, 1.807) is 0 Å². The van der Waals surface area contributed by atoms with Crippen molar-refractivity contribution in [2.45, 2.75) is 19.8 Å². The third-order valence-electron chi connectivity index (χ3n) is 1.90. The quantitative estimate of drug-likeness (QED) is 0.648. The van der Waals surface area contributed by atoms with E-state index >= 15 is 0 Å². The van der Waals surface area contributed by atoms with Crippen LogP contribution in [0.15, 0.2) is 18.2 Å². The largest absolute Gasteiger partial charge is 0.355 e. The number of benzene rings is 1. The Labute approximate surface area is 60.4 Å². The number of aryl methyl sites for hydroxylation is 1. The van der Waals surface area contributed by atoms with Crippen molar-refractivity contribution in [1.29, 1.82) is 0 Å². The second-order valence-corrected chi connectivity index (χ2v) is 2.75. The fourth-order valence-electron chi connectivity index (χ4n) is 1.43. The summed E-state index contributed by atoms with van der Waals surface area (Å²) in [5.74, 6) is 0. The Morgan fingerprint density at radius 3 is 2.80 bits per heavy atom. The molecule has 10 heavy (non-hydrogen) atoms. The van der Waals surface area contributed by atoms with E-state index < -0.39 is 0 Å². The normalized spacial score (nSPS) is 11.3. The molecule has 52 valence electrons. The van der Waals surface area contributed by atoms with Crippen molar-refractivity contribution in [3.63, 3.8) is 0 Å². The first-order chi connectivity index (χ1) is 4.90. The molecule has 2 aromatic rings. The highest BCUT2D eigenvalue weighted by molar-refractivity contribution is 5.70. The standard InChI is InChI=1S/C9H11N/c1-2-3-7-6-8-4-5-9(7)10-8/h4-6,10H,2-3H2,1H3. The Balaban J connectivity index is 2.43. The molecule has 0 aromatic carbocycles. The summed E-state index contributed by atoms with van der Waals surface area (Å²) in [5, 5.41) is 0. The van der Waals surface area contributed by atoms with Crippen LogP contribution in [0.25, 0.3) is 11.0 Å². The minimum Gasteiger partial charge on any atom is -0.355 e.